The number of rotatable bonds is 6. The summed E-state index contributed by atoms with van der Waals surface area (Å²) in [6.45, 7) is 3.10. The van der Waals surface area contributed by atoms with Gasteiger partial charge in [0.1, 0.15) is 5.75 Å². The van der Waals surface area contributed by atoms with Crippen LogP contribution in [0.2, 0.25) is 5.02 Å². The normalized spacial score (nSPS) is 15.9. The summed E-state index contributed by atoms with van der Waals surface area (Å²) in [5, 5.41) is 5.96. The maximum absolute atomic E-state index is 13.0. The molecule has 2 aromatic carbocycles. The van der Waals surface area contributed by atoms with Crippen molar-refractivity contribution in [2.45, 2.75) is 31.4 Å². The highest BCUT2D eigenvalue weighted by Crippen LogP contribution is 2.35. The summed E-state index contributed by atoms with van der Waals surface area (Å²) in [6.07, 6.45) is -0.730. The van der Waals surface area contributed by atoms with Crippen molar-refractivity contribution in [3.63, 3.8) is 0 Å². The SMILES string of the molecule is Cc1cc2c(cc1S(=O)(=O)N(C)CC(=O)NCc1ccc(Cl)cc1)O[C@H](C)C(=O)N2. The third-order valence-electron chi connectivity index (χ3n) is 4.67. The van der Waals surface area contributed by atoms with Crippen molar-refractivity contribution in [2.75, 3.05) is 18.9 Å². The number of nitrogens with zero attached hydrogens (tertiary/aromatic N) is 1. The third-order valence-corrected chi connectivity index (χ3v) is 6.86. The van der Waals surface area contributed by atoms with Crippen molar-refractivity contribution in [1.29, 1.82) is 0 Å². The second-order valence-electron chi connectivity index (χ2n) is 7.03. The molecule has 2 N–H and O–H groups in total. The first kappa shape index (κ1) is 22.1. The maximum Gasteiger partial charge on any atom is 0.265 e. The Bertz CT molecular complexity index is 1090. The number of ether oxygens (including phenoxy) is 1. The van der Waals surface area contributed by atoms with E-state index in [1.807, 2.05) is 0 Å². The van der Waals surface area contributed by atoms with Crippen LogP contribution in [0, 0.1) is 6.92 Å². The van der Waals surface area contributed by atoms with Crippen molar-refractivity contribution in [3.8, 4) is 5.75 Å². The molecule has 160 valence electrons. The number of fused-ring (bicyclic) bond motifs is 1. The van der Waals surface area contributed by atoms with Gasteiger partial charge in [-0.3, -0.25) is 9.59 Å². The number of hydrogen-bond acceptors (Lipinski definition) is 5. The molecule has 1 atom stereocenters. The van der Waals surface area contributed by atoms with Crippen LogP contribution in [-0.2, 0) is 26.2 Å². The van der Waals surface area contributed by atoms with Gasteiger partial charge in [0.25, 0.3) is 5.91 Å². The molecule has 1 heterocycles. The average molecular weight is 452 g/mol. The lowest BCUT2D eigenvalue weighted by Gasteiger charge is -2.25. The molecular weight excluding hydrogens is 430 g/mol. The number of hydrogen-bond donors (Lipinski definition) is 2. The molecule has 0 fully saturated rings. The molecule has 3 rings (SSSR count). The van der Waals surface area contributed by atoms with E-state index >= 15 is 0 Å². The van der Waals surface area contributed by atoms with Crippen LogP contribution in [0.5, 0.6) is 5.75 Å². The van der Waals surface area contributed by atoms with E-state index in [1.165, 1.54) is 13.1 Å². The molecule has 0 radical (unpaired) electrons. The fourth-order valence-electron chi connectivity index (χ4n) is 2.93. The Hall–Kier alpha value is -2.62. The van der Waals surface area contributed by atoms with Gasteiger partial charge in [-0.25, -0.2) is 8.42 Å². The summed E-state index contributed by atoms with van der Waals surface area (Å²) in [6, 6.07) is 9.89. The zero-order valence-corrected chi connectivity index (χ0v) is 18.3. The number of anilines is 1. The second kappa shape index (κ2) is 8.63. The van der Waals surface area contributed by atoms with Crippen molar-refractivity contribution < 1.29 is 22.7 Å². The number of halogens is 1. The lowest BCUT2D eigenvalue weighted by atomic mass is 10.1. The smallest absolute Gasteiger partial charge is 0.265 e. The third kappa shape index (κ3) is 4.75. The van der Waals surface area contributed by atoms with Crippen LogP contribution >= 0.6 is 11.6 Å². The molecule has 1 aliphatic heterocycles. The van der Waals surface area contributed by atoms with Gasteiger partial charge in [-0.2, -0.15) is 4.31 Å². The Balaban J connectivity index is 1.71. The van der Waals surface area contributed by atoms with Crippen molar-refractivity contribution in [1.82, 2.24) is 9.62 Å². The zero-order chi connectivity index (χ0) is 22.1. The van der Waals surface area contributed by atoms with Crippen LogP contribution in [0.4, 0.5) is 5.69 Å². The van der Waals surface area contributed by atoms with E-state index in [0.717, 1.165) is 9.87 Å². The molecule has 2 aromatic rings. The van der Waals surface area contributed by atoms with Crippen LogP contribution in [0.1, 0.15) is 18.1 Å². The lowest BCUT2D eigenvalue weighted by Crippen LogP contribution is -2.38. The highest BCUT2D eigenvalue weighted by atomic mass is 35.5. The van der Waals surface area contributed by atoms with Gasteiger partial charge in [-0.1, -0.05) is 23.7 Å². The van der Waals surface area contributed by atoms with E-state index in [0.29, 0.717) is 16.3 Å². The first-order valence-corrected chi connectivity index (χ1v) is 11.0. The summed E-state index contributed by atoms with van der Waals surface area (Å²) in [5.74, 6) is -0.470. The molecule has 8 nitrogen and oxygen atoms in total. The van der Waals surface area contributed by atoms with E-state index < -0.39 is 22.0 Å². The first-order valence-electron chi connectivity index (χ1n) is 9.17. The average Bonchev–Trinajstić information content (AvgIpc) is 2.68. The van der Waals surface area contributed by atoms with Crippen LogP contribution in [0.25, 0.3) is 0 Å². The fraction of sp³-hybridized carbons (Fsp3) is 0.300. The summed E-state index contributed by atoms with van der Waals surface area (Å²) in [7, 11) is -2.62. The minimum absolute atomic E-state index is 0.0117. The molecule has 0 aromatic heterocycles. The van der Waals surface area contributed by atoms with Crippen molar-refractivity contribution in [3.05, 3.63) is 52.5 Å². The van der Waals surface area contributed by atoms with Crippen LogP contribution in [0.15, 0.2) is 41.3 Å². The molecule has 0 saturated carbocycles. The lowest BCUT2D eigenvalue weighted by molar-refractivity contribution is -0.123. The van der Waals surface area contributed by atoms with Crippen LogP contribution < -0.4 is 15.4 Å². The van der Waals surface area contributed by atoms with Gasteiger partial charge in [0.15, 0.2) is 6.10 Å². The molecule has 0 saturated heterocycles. The number of aryl methyl sites for hydroxylation is 1. The number of carbonyl (C=O) groups is 2. The Kier molecular flexibility index (Phi) is 6.35. The molecular formula is C20H22ClN3O5S. The minimum atomic E-state index is -3.96. The predicted octanol–water partition coefficient (Wildman–Crippen LogP) is 2.30. The number of nitrogens with one attached hydrogen (secondary N) is 2. The minimum Gasteiger partial charge on any atom is -0.479 e. The summed E-state index contributed by atoms with van der Waals surface area (Å²) in [4.78, 5) is 24.0. The van der Waals surface area contributed by atoms with E-state index in [9.17, 15) is 18.0 Å². The van der Waals surface area contributed by atoms with Crippen LogP contribution in [0.3, 0.4) is 0 Å². The second-order valence-corrected chi connectivity index (χ2v) is 9.48. The topological polar surface area (TPSA) is 105 Å². The van der Waals surface area contributed by atoms with Gasteiger partial charge in [0.2, 0.25) is 15.9 Å². The van der Waals surface area contributed by atoms with Crippen LogP contribution in [-0.4, -0.2) is 44.2 Å². The molecule has 0 unspecified atom stereocenters. The van der Waals surface area contributed by atoms with E-state index in [1.54, 1.807) is 44.2 Å². The largest absolute Gasteiger partial charge is 0.479 e. The number of sulfonamides is 1. The van der Waals surface area contributed by atoms with Gasteiger partial charge in [0.05, 0.1) is 17.1 Å². The van der Waals surface area contributed by atoms with Gasteiger partial charge in [-0.15, -0.1) is 0 Å². The van der Waals surface area contributed by atoms with Gasteiger partial charge in [0, 0.05) is 24.7 Å². The molecule has 2 amide bonds. The molecule has 0 spiro atoms. The molecule has 10 heteroatoms. The molecule has 1 aliphatic rings. The number of likely N-dealkylation sites (N-methyl/N-ethyl adjacent to an activating group) is 1. The Morgan fingerprint density at radius 1 is 1.27 bits per heavy atom. The number of carbonyl (C=O) groups excluding carboxylic acids is 2. The van der Waals surface area contributed by atoms with E-state index in [2.05, 4.69) is 10.6 Å². The van der Waals surface area contributed by atoms with Crippen molar-refractivity contribution >= 4 is 39.1 Å². The molecule has 30 heavy (non-hydrogen) atoms. The Morgan fingerprint density at radius 2 is 1.93 bits per heavy atom. The zero-order valence-electron chi connectivity index (χ0n) is 16.7. The van der Waals surface area contributed by atoms with E-state index in [4.69, 9.17) is 16.3 Å². The van der Waals surface area contributed by atoms with Gasteiger partial charge in [-0.05, 0) is 43.2 Å². The Morgan fingerprint density at radius 3 is 2.60 bits per heavy atom. The van der Waals surface area contributed by atoms with Crippen molar-refractivity contribution in [2.24, 2.45) is 0 Å². The summed E-state index contributed by atoms with van der Waals surface area (Å²) < 4.78 is 32.5. The Labute approximate surface area is 180 Å². The monoisotopic (exact) mass is 451 g/mol. The highest BCUT2D eigenvalue weighted by Gasteiger charge is 2.30. The van der Waals surface area contributed by atoms with E-state index in [-0.39, 0.29) is 29.6 Å². The standard InChI is InChI=1S/C20H22ClN3O5S/c1-12-8-16-17(29-13(2)20(26)23-16)9-18(12)30(27,28)24(3)11-19(25)22-10-14-4-6-15(21)7-5-14/h4-9,13H,10-11H2,1-3H3,(H,22,25)(H,23,26)/t13-/m1/s1. The quantitative estimate of drug-likeness (QED) is 0.701. The summed E-state index contributed by atoms with van der Waals surface area (Å²) >= 11 is 5.83. The molecule has 0 aliphatic carbocycles. The summed E-state index contributed by atoms with van der Waals surface area (Å²) in [5.41, 5.74) is 1.69. The maximum atomic E-state index is 13.0. The highest BCUT2D eigenvalue weighted by molar-refractivity contribution is 7.89. The van der Waals surface area contributed by atoms with Gasteiger partial charge < -0.3 is 15.4 Å². The first-order chi connectivity index (χ1) is 14.1. The number of amides is 2. The van der Waals surface area contributed by atoms with Gasteiger partial charge >= 0.3 is 0 Å². The fourth-order valence-corrected chi connectivity index (χ4v) is 4.41. The predicted molar refractivity (Wildman–Crippen MR) is 113 cm³/mol. The number of benzene rings is 2. The molecule has 0 bridgehead atoms.